The maximum absolute atomic E-state index is 11.6. The number of aliphatic hydroxyl groups excluding tert-OH is 1. The van der Waals surface area contributed by atoms with Crippen molar-refractivity contribution in [1.82, 2.24) is 4.31 Å². The number of hydrogen-bond donors (Lipinski definition) is 1. The van der Waals surface area contributed by atoms with Gasteiger partial charge < -0.3 is 5.11 Å². The molecule has 1 rings (SSSR count). The Kier molecular flexibility index (Phi) is 4.63. The van der Waals surface area contributed by atoms with Crippen LogP contribution in [0.3, 0.4) is 0 Å². The van der Waals surface area contributed by atoms with Crippen molar-refractivity contribution in [3.05, 3.63) is 0 Å². The van der Waals surface area contributed by atoms with E-state index < -0.39 is 10.0 Å². The quantitative estimate of drug-likeness (QED) is 0.703. The van der Waals surface area contributed by atoms with Gasteiger partial charge in [0.05, 0.1) is 5.75 Å². The number of sulfonamides is 1. The average molecular weight is 242 g/mol. The number of alkyl halides is 1. The van der Waals surface area contributed by atoms with Crippen LogP contribution < -0.4 is 0 Å². The molecule has 1 unspecified atom stereocenters. The topological polar surface area (TPSA) is 57.6 Å². The summed E-state index contributed by atoms with van der Waals surface area (Å²) in [6, 6.07) is 0. The van der Waals surface area contributed by atoms with Crippen LogP contribution in [0.25, 0.3) is 0 Å². The van der Waals surface area contributed by atoms with Crippen LogP contribution in [0, 0.1) is 5.92 Å². The Labute approximate surface area is 89.9 Å². The molecule has 1 aliphatic heterocycles. The minimum atomic E-state index is -3.14. The lowest BCUT2D eigenvalue weighted by molar-refractivity contribution is 0.260. The van der Waals surface area contributed by atoms with Crippen LogP contribution in [0.1, 0.15) is 12.8 Å². The molecule has 1 heterocycles. The van der Waals surface area contributed by atoms with Gasteiger partial charge in [0.2, 0.25) is 10.0 Å². The van der Waals surface area contributed by atoms with Crippen molar-refractivity contribution in [2.24, 2.45) is 5.92 Å². The van der Waals surface area contributed by atoms with Crippen molar-refractivity contribution in [2.45, 2.75) is 12.8 Å². The van der Waals surface area contributed by atoms with Gasteiger partial charge in [-0.3, -0.25) is 0 Å². The molecule has 14 heavy (non-hydrogen) atoms. The number of aliphatic hydroxyl groups is 1. The normalized spacial score (nSPS) is 24.3. The molecule has 1 N–H and O–H groups in total. The first-order valence-electron chi connectivity index (χ1n) is 4.75. The molecule has 0 saturated carbocycles. The third-order valence-electron chi connectivity index (χ3n) is 2.51. The Balaban J connectivity index is 2.49. The molecule has 0 aromatic heterocycles. The van der Waals surface area contributed by atoms with E-state index in [1.54, 1.807) is 0 Å². The molecule has 1 fully saturated rings. The molecule has 1 aliphatic rings. The summed E-state index contributed by atoms with van der Waals surface area (Å²) in [6.07, 6.45) is 1.54. The van der Waals surface area contributed by atoms with Gasteiger partial charge >= 0.3 is 0 Å². The van der Waals surface area contributed by atoms with Gasteiger partial charge in [0.15, 0.2) is 0 Å². The van der Waals surface area contributed by atoms with Gasteiger partial charge in [-0.25, -0.2) is 12.7 Å². The third-order valence-corrected chi connectivity index (χ3v) is 4.77. The molecule has 0 aromatic rings. The van der Waals surface area contributed by atoms with Crippen molar-refractivity contribution in [1.29, 1.82) is 0 Å². The standard InChI is InChI=1S/C8H16ClNO3S/c9-3-6-14(12,13)10-4-1-8(7-10)2-5-11/h8,11H,1-7H2. The summed E-state index contributed by atoms with van der Waals surface area (Å²) in [5.74, 6) is 0.467. The second-order valence-corrected chi connectivity index (χ2v) is 6.00. The van der Waals surface area contributed by atoms with Gasteiger partial charge in [-0.15, -0.1) is 11.6 Å². The van der Waals surface area contributed by atoms with Crippen LogP contribution in [0.5, 0.6) is 0 Å². The third kappa shape index (κ3) is 3.08. The van der Waals surface area contributed by atoms with Gasteiger partial charge in [0, 0.05) is 25.6 Å². The first-order chi connectivity index (χ1) is 6.60. The molecule has 0 bridgehead atoms. The second-order valence-electron chi connectivity index (χ2n) is 3.53. The summed E-state index contributed by atoms with van der Waals surface area (Å²) < 4.78 is 24.6. The van der Waals surface area contributed by atoms with Gasteiger partial charge in [-0.2, -0.15) is 0 Å². The van der Waals surface area contributed by atoms with Crippen LogP contribution in [0.4, 0.5) is 0 Å². The molecular weight excluding hydrogens is 226 g/mol. The Morgan fingerprint density at radius 2 is 2.21 bits per heavy atom. The van der Waals surface area contributed by atoms with Crippen LogP contribution in [-0.2, 0) is 10.0 Å². The van der Waals surface area contributed by atoms with Crippen molar-refractivity contribution in [3.63, 3.8) is 0 Å². The number of rotatable bonds is 5. The molecule has 6 heteroatoms. The molecule has 4 nitrogen and oxygen atoms in total. The molecule has 1 saturated heterocycles. The van der Waals surface area contributed by atoms with E-state index in [1.807, 2.05) is 0 Å². The fraction of sp³-hybridized carbons (Fsp3) is 1.00. The highest BCUT2D eigenvalue weighted by atomic mass is 35.5. The number of hydrogen-bond acceptors (Lipinski definition) is 3. The predicted molar refractivity (Wildman–Crippen MR) is 55.9 cm³/mol. The van der Waals surface area contributed by atoms with Gasteiger partial charge in [0.25, 0.3) is 0 Å². The summed E-state index contributed by atoms with van der Waals surface area (Å²) in [5, 5.41) is 8.73. The van der Waals surface area contributed by atoms with E-state index in [0.29, 0.717) is 25.4 Å². The minimum Gasteiger partial charge on any atom is -0.396 e. The SMILES string of the molecule is O=S(=O)(CCCl)N1CCC(CCO)C1. The average Bonchev–Trinajstić information content (AvgIpc) is 2.54. The Hall–Kier alpha value is 0.160. The highest BCUT2D eigenvalue weighted by molar-refractivity contribution is 7.89. The van der Waals surface area contributed by atoms with E-state index in [2.05, 4.69) is 0 Å². The fourth-order valence-electron chi connectivity index (χ4n) is 1.69. The van der Waals surface area contributed by atoms with Crippen molar-refractivity contribution in [2.75, 3.05) is 31.3 Å². The first kappa shape index (κ1) is 12.2. The van der Waals surface area contributed by atoms with E-state index in [4.69, 9.17) is 16.7 Å². The van der Waals surface area contributed by atoms with Gasteiger partial charge in [0.1, 0.15) is 0 Å². The molecule has 0 radical (unpaired) electrons. The molecule has 0 aliphatic carbocycles. The molecular formula is C8H16ClNO3S. The predicted octanol–water partition coefficient (Wildman–Crippen LogP) is 0.259. The zero-order valence-electron chi connectivity index (χ0n) is 8.02. The molecule has 1 atom stereocenters. The lowest BCUT2D eigenvalue weighted by Crippen LogP contribution is -2.31. The minimum absolute atomic E-state index is 0.0143. The number of nitrogens with zero attached hydrogens (tertiary/aromatic N) is 1. The van der Waals surface area contributed by atoms with Gasteiger partial charge in [-0.05, 0) is 18.8 Å². The lowest BCUT2D eigenvalue weighted by atomic mass is 10.1. The molecule has 84 valence electrons. The summed E-state index contributed by atoms with van der Waals surface area (Å²) in [7, 11) is -3.14. The highest BCUT2D eigenvalue weighted by Gasteiger charge is 2.30. The molecule has 0 amide bonds. The van der Waals surface area contributed by atoms with E-state index in [1.165, 1.54) is 4.31 Å². The molecule has 0 aromatic carbocycles. The van der Waals surface area contributed by atoms with Crippen LogP contribution in [-0.4, -0.2) is 49.2 Å². The number of halogens is 1. The van der Waals surface area contributed by atoms with Crippen LogP contribution >= 0.6 is 11.6 Å². The smallest absolute Gasteiger partial charge is 0.215 e. The van der Waals surface area contributed by atoms with E-state index >= 15 is 0 Å². The summed E-state index contributed by atoms with van der Waals surface area (Å²) in [4.78, 5) is 0. The molecule has 0 spiro atoms. The Bertz CT molecular complexity index is 268. The zero-order chi connectivity index (χ0) is 10.6. The first-order valence-corrected chi connectivity index (χ1v) is 6.89. The van der Waals surface area contributed by atoms with Gasteiger partial charge in [-0.1, -0.05) is 0 Å². The largest absolute Gasteiger partial charge is 0.396 e. The van der Waals surface area contributed by atoms with E-state index in [-0.39, 0.29) is 18.2 Å². The lowest BCUT2D eigenvalue weighted by Gasteiger charge is -2.15. The Morgan fingerprint density at radius 1 is 1.50 bits per heavy atom. The second kappa shape index (κ2) is 5.30. The van der Waals surface area contributed by atoms with Crippen LogP contribution in [0.15, 0.2) is 0 Å². The zero-order valence-corrected chi connectivity index (χ0v) is 9.60. The van der Waals surface area contributed by atoms with Crippen LogP contribution in [0.2, 0.25) is 0 Å². The Morgan fingerprint density at radius 3 is 2.79 bits per heavy atom. The van der Waals surface area contributed by atoms with E-state index in [9.17, 15) is 8.42 Å². The summed E-state index contributed by atoms with van der Waals surface area (Å²) in [5.41, 5.74) is 0. The highest BCUT2D eigenvalue weighted by Crippen LogP contribution is 2.22. The van der Waals surface area contributed by atoms with E-state index in [0.717, 1.165) is 6.42 Å². The maximum Gasteiger partial charge on any atom is 0.215 e. The van der Waals surface area contributed by atoms with Crippen molar-refractivity contribution in [3.8, 4) is 0 Å². The maximum atomic E-state index is 11.6. The summed E-state index contributed by atoms with van der Waals surface area (Å²) in [6.45, 7) is 1.25. The monoisotopic (exact) mass is 241 g/mol. The summed E-state index contributed by atoms with van der Waals surface area (Å²) >= 11 is 5.42. The fourth-order valence-corrected chi connectivity index (χ4v) is 3.55. The van der Waals surface area contributed by atoms with Crippen molar-refractivity contribution < 1.29 is 13.5 Å². The van der Waals surface area contributed by atoms with Crippen molar-refractivity contribution >= 4 is 21.6 Å².